The van der Waals surface area contributed by atoms with Crippen molar-refractivity contribution in [2.45, 2.75) is 45.8 Å². The second-order valence-electron chi connectivity index (χ2n) is 9.61. The largest absolute Gasteiger partial charge is 0.383 e. The number of halogens is 1. The summed E-state index contributed by atoms with van der Waals surface area (Å²) in [7, 11) is 1.67. The normalized spacial score (nSPS) is 12.7. The lowest BCUT2D eigenvalue weighted by Gasteiger charge is -2.21. The number of thiophene rings is 1. The average molecular weight is 578 g/mol. The molecular weight excluding hydrogens is 548 g/mol. The van der Waals surface area contributed by atoms with E-state index >= 15 is 0 Å². The van der Waals surface area contributed by atoms with Crippen molar-refractivity contribution < 1.29 is 5.11 Å². The third-order valence-corrected chi connectivity index (χ3v) is 9.15. The van der Waals surface area contributed by atoms with Crippen molar-refractivity contribution in [3.05, 3.63) is 114 Å². The van der Waals surface area contributed by atoms with Crippen LogP contribution < -0.4 is 5.56 Å². The molecule has 0 saturated carbocycles. The highest BCUT2D eigenvalue weighted by Crippen LogP contribution is 2.43. The van der Waals surface area contributed by atoms with Crippen LogP contribution in [-0.4, -0.2) is 24.7 Å². The van der Waals surface area contributed by atoms with Crippen LogP contribution in [0.4, 0.5) is 0 Å². The van der Waals surface area contributed by atoms with Gasteiger partial charge in [-0.05, 0) is 46.8 Å². The topological polar surface area (TPSA) is 72.9 Å². The lowest BCUT2D eigenvalue weighted by molar-refractivity contribution is 0.222. The molecule has 1 unspecified atom stereocenters. The van der Waals surface area contributed by atoms with Gasteiger partial charge in [-0.25, -0.2) is 4.68 Å². The van der Waals surface area contributed by atoms with Gasteiger partial charge in [-0.3, -0.25) is 9.48 Å². The molecule has 0 aliphatic carbocycles. The molecule has 1 N–H and O–H groups in total. The summed E-state index contributed by atoms with van der Waals surface area (Å²) < 4.78 is 4.82. The van der Waals surface area contributed by atoms with E-state index < -0.39 is 6.10 Å². The summed E-state index contributed by atoms with van der Waals surface area (Å²) in [5, 5.41) is 21.8. The molecule has 3 heterocycles. The first-order chi connectivity index (χ1) is 17.7. The van der Waals surface area contributed by atoms with Gasteiger partial charge in [0.05, 0.1) is 26.4 Å². The van der Waals surface area contributed by atoms with Crippen molar-refractivity contribution >= 4 is 37.4 Å². The first-order valence-electron chi connectivity index (χ1n) is 12.2. The van der Waals surface area contributed by atoms with Gasteiger partial charge in [0.25, 0.3) is 5.56 Å². The molecule has 1 atom stereocenters. The highest BCUT2D eigenvalue weighted by atomic mass is 79.9. The quantitative estimate of drug-likeness (QED) is 0.253. The van der Waals surface area contributed by atoms with Crippen LogP contribution in [-0.2, 0) is 7.05 Å². The Bertz CT molecular complexity index is 1600. The Morgan fingerprint density at radius 3 is 2.05 bits per heavy atom. The van der Waals surface area contributed by atoms with E-state index in [2.05, 4.69) is 59.1 Å². The van der Waals surface area contributed by atoms with Crippen molar-refractivity contribution in [1.29, 1.82) is 0 Å². The minimum atomic E-state index is -0.947. The summed E-state index contributed by atoms with van der Waals surface area (Å²) in [4.78, 5) is 13.7. The second kappa shape index (κ2) is 10.0. The fraction of sp³-hybridized carbons (Fsp3) is 0.276. The number of fused-ring (bicyclic) bond motifs is 1. The Morgan fingerprint density at radius 2 is 1.51 bits per heavy atom. The predicted molar refractivity (Wildman–Crippen MR) is 153 cm³/mol. The number of hydrogen-bond donors (Lipinski definition) is 1. The van der Waals surface area contributed by atoms with Crippen molar-refractivity contribution in [3.8, 4) is 0 Å². The Kier molecular flexibility index (Phi) is 6.91. The first-order valence-corrected chi connectivity index (χ1v) is 13.8. The number of aliphatic hydroxyl groups excluding tert-OH is 1. The standard InChI is InChI=1S/C29H29BrN4O2S/c1-16(2)24-27-22(29(36)33(5)32-24)23(30)28(37-27)26(35)21-17(3)31-34(18(21)4)25(19-12-8-6-9-13-19)20-14-10-7-11-15-20/h6-16,25-26,35H,1-5H3. The second-order valence-corrected chi connectivity index (χ2v) is 11.5. The number of hydrogen-bond acceptors (Lipinski definition) is 5. The van der Waals surface area contributed by atoms with Crippen molar-refractivity contribution in [1.82, 2.24) is 19.6 Å². The van der Waals surface area contributed by atoms with E-state index in [9.17, 15) is 9.90 Å². The zero-order valence-corrected chi connectivity index (χ0v) is 23.8. The molecule has 0 bridgehead atoms. The highest BCUT2D eigenvalue weighted by molar-refractivity contribution is 9.10. The molecule has 2 aromatic carbocycles. The first kappa shape index (κ1) is 25.6. The van der Waals surface area contributed by atoms with E-state index in [1.54, 1.807) is 7.05 Å². The number of nitrogens with zero attached hydrogens (tertiary/aromatic N) is 4. The SMILES string of the molecule is Cc1nn(C(c2ccccc2)c2ccccc2)c(C)c1C(O)c1sc2c(C(C)C)nn(C)c(=O)c2c1Br. The van der Waals surface area contributed by atoms with Crippen LogP contribution in [0.5, 0.6) is 0 Å². The van der Waals surface area contributed by atoms with Gasteiger partial charge in [-0.2, -0.15) is 10.2 Å². The van der Waals surface area contributed by atoms with Crippen LogP contribution in [0.2, 0.25) is 0 Å². The van der Waals surface area contributed by atoms with Crippen molar-refractivity contribution in [2.24, 2.45) is 7.05 Å². The average Bonchev–Trinajstić information content (AvgIpc) is 3.38. The minimum absolute atomic E-state index is 0.133. The van der Waals surface area contributed by atoms with Crippen LogP contribution in [0.3, 0.4) is 0 Å². The summed E-state index contributed by atoms with van der Waals surface area (Å²) in [6.45, 7) is 8.04. The van der Waals surface area contributed by atoms with E-state index in [4.69, 9.17) is 5.10 Å². The van der Waals surface area contributed by atoms with Crippen LogP contribution in [0.25, 0.3) is 10.1 Å². The molecule has 0 spiro atoms. The smallest absolute Gasteiger partial charge is 0.276 e. The molecule has 5 aromatic rings. The van der Waals surface area contributed by atoms with E-state index in [1.807, 2.05) is 54.9 Å². The third-order valence-electron chi connectivity index (χ3n) is 6.80. The summed E-state index contributed by atoms with van der Waals surface area (Å²) >= 11 is 5.08. The van der Waals surface area contributed by atoms with Gasteiger partial charge < -0.3 is 5.11 Å². The zero-order chi connectivity index (χ0) is 26.4. The molecule has 0 radical (unpaired) electrons. The molecule has 0 fully saturated rings. The van der Waals surface area contributed by atoms with Gasteiger partial charge in [0.1, 0.15) is 12.1 Å². The summed E-state index contributed by atoms with van der Waals surface area (Å²) in [5.41, 5.74) is 5.26. The Hall–Kier alpha value is -3.07. The van der Waals surface area contributed by atoms with Gasteiger partial charge in [0, 0.05) is 22.8 Å². The highest BCUT2D eigenvalue weighted by Gasteiger charge is 2.30. The Morgan fingerprint density at radius 1 is 0.946 bits per heavy atom. The molecule has 0 aliphatic rings. The molecule has 6 nitrogen and oxygen atoms in total. The summed E-state index contributed by atoms with van der Waals surface area (Å²) in [5.74, 6) is 0.133. The Balaban J connectivity index is 1.68. The van der Waals surface area contributed by atoms with Crippen LogP contribution >= 0.6 is 27.3 Å². The third kappa shape index (κ3) is 4.37. The van der Waals surface area contributed by atoms with Gasteiger partial charge in [0.15, 0.2) is 0 Å². The summed E-state index contributed by atoms with van der Waals surface area (Å²) in [6.07, 6.45) is -0.947. The minimum Gasteiger partial charge on any atom is -0.383 e. The van der Waals surface area contributed by atoms with Crippen LogP contribution in [0, 0.1) is 13.8 Å². The molecular formula is C29H29BrN4O2S. The molecule has 5 rings (SSSR count). The maximum absolute atomic E-state index is 13.0. The summed E-state index contributed by atoms with van der Waals surface area (Å²) in [6, 6.07) is 20.4. The monoisotopic (exact) mass is 576 g/mol. The van der Waals surface area contributed by atoms with E-state index in [0.717, 1.165) is 38.5 Å². The molecule has 37 heavy (non-hydrogen) atoms. The predicted octanol–water partition coefficient (Wildman–Crippen LogP) is 6.41. The number of rotatable bonds is 6. The van der Waals surface area contributed by atoms with Gasteiger partial charge >= 0.3 is 0 Å². The van der Waals surface area contributed by atoms with Crippen LogP contribution in [0.15, 0.2) is 69.9 Å². The fourth-order valence-electron chi connectivity index (χ4n) is 4.97. The molecule has 0 saturated heterocycles. The van der Waals surface area contributed by atoms with E-state index in [-0.39, 0.29) is 17.5 Å². The number of aryl methyl sites for hydroxylation is 2. The Labute approximate surface area is 228 Å². The number of aliphatic hydroxyl groups is 1. The lowest BCUT2D eigenvalue weighted by atomic mass is 9.98. The number of aromatic nitrogens is 4. The number of benzene rings is 2. The van der Waals surface area contributed by atoms with Crippen molar-refractivity contribution in [3.63, 3.8) is 0 Å². The van der Waals surface area contributed by atoms with Crippen LogP contribution in [0.1, 0.15) is 70.6 Å². The van der Waals surface area contributed by atoms with Gasteiger partial charge in [-0.15, -0.1) is 11.3 Å². The molecule has 190 valence electrons. The fourth-order valence-corrected chi connectivity index (χ4v) is 7.24. The van der Waals surface area contributed by atoms with E-state index in [0.29, 0.717) is 14.7 Å². The molecule has 3 aromatic heterocycles. The lowest BCUT2D eigenvalue weighted by Crippen LogP contribution is -2.21. The molecule has 0 amide bonds. The van der Waals surface area contributed by atoms with Crippen molar-refractivity contribution in [2.75, 3.05) is 0 Å². The zero-order valence-electron chi connectivity index (χ0n) is 21.4. The van der Waals surface area contributed by atoms with Gasteiger partial charge in [-0.1, -0.05) is 74.5 Å². The van der Waals surface area contributed by atoms with E-state index in [1.165, 1.54) is 16.0 Å². The molecule has 0 aliphatic heterocycles. The van der Waals surface area contributed by atoms with Gasteiger partial charge in [0.2, 0.25) is 0 Å². The maximum atomic E-state index is 13.0. The molecule has 8 heteroatoms. The maximum Gasteiger partial charge on any atom is 0.276 e.